The van der Waals surface area contributed by atoms with Crippen LogP contribution in [-0.4, -0.2) is 29.8 Å². The molecule has 2 aromatic carbocycles. The highest BCUT2D eigenvalue weighted by Crippen LogP contribution is 2.42. The van der Waals surface area contributed by atoms with Gasteiger partial charge in [-0.1, -0.05) is 49.4 Å². The van der Waals surface area contributed by atoms with Gasteiger partial charge in [-0.25, -0.2) is 4.39 Å². The van der Waals surface area contributed by atoms with Crippen molar-refractivity contribution in [1.29, 1.82) is 0 Å². The second kappa shape index (κ2) is 7.62. The molecular formula is C24H27FN2O2. The molecule has 1 saturated carbocycles. The number of likely N-dealkylation sites (tertiary alicyclic amines) is 1. The van der Waals surface area contributed by atoms with E-state index in [1.807, 2.05) is 35.2 Å². The van der Waals surface area contributed by atoms with E-state index in [0.717, 1.165) is 24.0 Å². The molecule has 29 heavy (non-hydrogen) atoms. The van der Waals surface area contributed by atoms with Gasteiger partial charge in [-0.3, -0.25) is 9.59 Å². The zero-order valence-corrected chi connectivity index (χ0v) is 16.7. The summed E-state index contributed by atoms with van der Waals surface area (Å²) in [6.45, 7) is 3.17. The highest BCUT2D eigenvalue weighted by atomic mass is 19.1. The Balaban J connectivity index is 1.53. The fourth-order valence-corrected chi connectivity index (χ4v) is 4.54. The Morgan fingerprint density at radius 2 is 1.86 bits per heavy atom. The summed E-state index contributed by atoms with van der Waals surface area (Å²) in [7, 11) is 0. The Morgan fingerprint density at radius 3 is 2.48 bits per heavy atom. The second-order valence-electron chi connectivity index (χ2n) is 8.68. The third-order valence-corrected chi connectivity index (χ3v) is 6.52. The van der Waals surface area contributed by atoms with E-state index >= 15 is 0 Å². The van der Waals surface area contributed by atoms with E-state index < -0.39 is 5.41 Å². The fraction of sp³-hybridized carbons (Fsp3) is 0.417. The van der Waals surface area contributed by atoms with Crippen molar-refractivity contribution in [2.75, 3.05) is 13.1 Å². The Hall–Kier alpha value is -2.69. The van der Waals surface area contributed by atoms with Crippen LogP contribution in [0.5, 0.6) is 0 Å². The first kappa shape index (κ1) is 19.6. The minimum absolute atomic E-state index is 0.110. The van der Waals surface area contributed by atoms with Crippen LogP contribution in [0.1, 0.15) is 31.7 Å². The first-order chi connectivity index (χ1) is 13.9. The third-order valence-electron chi connectivity index (χ3n) is 6.52. The number of carbonyl (C=O) groups excluding carboxylic acids is 2. The van der Waals surface area contributed by atoms with Gasteiger partial charge in [0.1, 0.15) is 5.82 Å². The number of rotatable bonds is 5. The number of hydrogen-bond donors (Lipinski definition) is 1. The third kappa shape index (κ3) is 3.91. The number of nitrogens with two attached hydrogens (primary N) is 1. The quantitative estimate of drug-likeness (QED) is 0.839. The first-order valence-corrected chi connectivity index (χ1v) is 10.3. The van der Waals surface area contributed by atoms with Crippen LogP contribution in [0, 0.1) is 23.1 Å². The van der Waals surface area contributed by atoms with Crippen LogP contribution in [-0.2, 0) is 16.0 Å². The highest BCUT2D eigenvalue weighted by molar-refractivity contribution is 5.85. The smallest absolute Gasteiger partial charge is 0.225 e. The summed E-state index contributed by atoms with van der Waals surface area (Å²) in [6.07, 6.45) is 2.89. The molecule has 4 rings (SSSR count). The zero-order chi connectivity index (χ0) is 20.6. The van der Waals surface area contributed by atoms with Crippen molar-refractivity contribution in [3.8, 4) is 11.1 Å². The van der Waals surface area contributed by atoms with E-state index in [1.165, 1.54) is 6.07 Å². The standard InChI is InChI=1S/C24H27FN2O2/c1-16-13-20(16)22(28)27-12-4-11-24(15-27,23(26)29)14-17-7-9-18(10-8-17)19-5-2-3-6-21(19)25/h2-3,5-10,16,20H,4,11-15H2,1H3,(H2,26,29)/t16-,20-,24+/m1/s1. The van der Waals surface area contributed by atoms with Crippen LogP contribution in [0.2, 0.25) is 0 Å². The van der Waals surface area contributed by atoms with Crippen molar-refractivity contribution >= 4 is 11.8 Å². The number of primary amides is 1. The lowest BCUT2D eigenvalue weighted by atomic mass is 9.74. The maximum atomic E-state index is 14.0. The van der Waals surface area contributed by atoms with Gasteiger partial charge in [0, 0.05) is 24.6 Å². The Labute approximate surface area is 170 Å². The monoisotopic (exact) mass is 394 g/mol. The number of benzene rings is 2. The molecule has 0 unspecified atom stereocenters. The minimum atomic E-state index is -0.744. The molecule has 0 spiro atoms. The van der Waals surface area contributed by atoms with Gasteiger partial charge in [0.25, 0.3) is 0 Å². The summed E-state index contributed by atoms with van der Waals surface area (Å²) in [6, 6.07) is 14.3. The van der Waals surface area contributed by atoms with E-state index in [0.29, 0.717) is 37.4 Å². The van der Waals surface area contributed by atoms with E-state index in [1.54, 1.807) is 12.1 Å². The normalized spacial score (nSPS) is 26.2. The van der Waals surface area contributed by atoms with Crippen molar-refractivity contribution < 1.29 is 14.0 Å². The summed E-state index contributed by atoms with van der Waals surface area (Å²) in [5.74, 6) is 0.108. The predicted octanol–water partition coefficient (Wildman–Crippen LogP) is 3.79. The average molecular weight is 394 g/mol. The molecule has 152 valence electrons. The van der Waals surface area contributed by atoms with Gasteiger partial charge in [0.15, 0.2) is 0 Å². The fourth-order valence-electron chi connectivity index (χ4n) is 4.54. The summed E-state index contributed by atoms with van der Waals surface area (Å²) in [4.78, 5) is 27.0. The second-order valence-corrected chi connectivity index (χ2v) is 8.68. The molecule has 5 heteroatoms. The van der Waals surface area contributed by atoms with Crippen molar-refractivity contribution in [2.24, 2.45) is 23.0 Å². The van der Waals surface area contributed by atoms with Crippen LogP contribution in [0.25, 0.3) is 11.1 Å². The summed E-state index contributed by atoms with van der Waals surface area (Å²) in [5, 5.41) is 0. The Kier molecular flexibility index (Phi) is 5.15. The molecule has 3 atom stereocenters. The molecule has 2 N–H and O–H groups in total. The van der Waals surface area contributed by atoms with Crippen LogP contribution < -0.4 is 5.73 Å². The summed E-state index contributed by atoms with van der Waals surface area (Å²) < 4.78 is 14.0. The lowest BCUT2D eigenvalue weighted by Crippen LogP contribution is -2.53. The molecule has 1 heterocycles. The number of nitrogens with zero attached hydrogens (tertiary/aromatic N) is 1. The maximum absolute atomic E-state index is 14.0. The van der Waals surface area contributed by atoms with Crippen molar-refractivity contribution in [1.82, 2.24) is 4.90 Å². The molecule has 1 aliphatic carbocycles. The van der Waals surface area contributed by atoms with Crippen LogP contribution >= 0.6 is 0 Å². The average Bonchev–Trinajstić information content (AvgIpc) is 3.45. The van der Waals surface area contributed by atoms with E-state index in [9.17, 15) is 14.0 Å². The van der Waals surface area contributed by atoms with Crippen LogP contribution in [0.15, 0.2) is 48.5 Å². The van der Waals surface area contributed by atoms with E-state index in [-0.39, 0.29) is 23.5 Å². The molecule has 0 bridgehead atoms. The SMILES string of the molecule is C[C@@H]1C[C@H]1C(=O)N1CCC[C@@](Cc2ccc(-c3ccccc3F)cc2)(C(N)=O)C1. The number of halogens is 1. The Morgan fingerprint density at radius 1 is 1.17 bits per heavy atom. The lowest BCUT2D eigenvalue weighted by Gasteiger charge is -2.41. The van der Waals surface area contributed by atoms with Crippen molar-refractivity contribution in [2.45, 2.75) is 32.6 Å². The van der Waals surface area contributed by atoms with Gasteiger partial charge in [0.2, 0.25) is 11.8 Å². The van der Waals surface area contributed by atoms with Crippen molar-refractivity contribution in [3.63, 3.8) is 0 Å². The van der Waals surface area contributed by atoms with Crippen LogP contribution in [0.4, 0.5) is 4.39 Å². The van der Waals surface area contributed by atoms with E-state index in [4.69, 9.17) is 5.73 Å². The molecule has 1 saturated heterocycles. The van der Waals surface area contributed by atoms with Gasteiger partial charge in [-0.15, -0.1) is 0 Å². The van der Waals surface area contributed by atoms with Gasteiger partial charge < -0.3 is 10.6 Å². The maximum Gasteiger partial charge on any atom is 0.225 e. The largest absolute Gasteiger partial charge is 0.369 e. The minimum Gasteiger partial charge on any atom is -0.369 e. The van der Waals surface area contributed by atoms with Gasteiger partial charge >= 0.3 is 0 Å². The van der Waals surface area contributed by atoms with Gasteiger partial charge in [-0.05, 0) is 48.8 Å². The molecule has 2 fully saturated rings. The van der Waals surface area contributed by atoms with Crippen LogP contribution in [0.3, 0.4) is 0 Å². The lowest BCUT2D eigenvalue weighted by molar-refractivity contribution is -0.141. The number of piperidine rings is 1. The molecule has 0 aromatic heterocycles. The Bertz CT molecular complexity index is 927. The van der Waals surface area contributed by atoms with Gasteiger partial charge in [0.05, 0.1) is 5.41 Å². The molecule has 0 radical (unpaired) electrons. The predicted molar refractivity (Wildman–Crippen MR) is 110 cm³/mol. The molecule has 2 aliphatic rings. The molecule has 2 amide bonds. The van der Waals surface area contributed by atoms with E-state index in [2.05, 4.69) is 6.92 Å². The number of hydrogen-bond acceptors (Lipinski definition) is 2. The number of amides is 2. The molecule has 1 aliphatic heterocycles. The highest BCUT2D eigenvalue weighted by Gasteiger charge is 2.47. The van der Waals surface area contributed by atoms with Crippen molar-refractivity contribution in [3.05, 3.63) is 59.9 Å². The van der Waals surface area contributed by atoms with Gasteiger partial charge in [-0.2, -0.15) is 0 Å². The number of carbonyl (C=O) groups is 2. The molecule has 2 aromatic rings. The summed E-state index contributed by atoms with van der Waals surface area (Å²) in [5.41, 5.74) is 7.42. The molecule has 4 nitrogen and oxygen atoms in total. The molecular weight excluding hydrogens is 367 g/mol. The summed E-state index contributed by atoms with van der Waals surface area (Å²) >= 11 is 0. The zero-order valence-electron chi connectivity index (χ0n) is 16.7. The first-order valence-electron chi connectivity index (χ1n) is 10.3. The topological polar surface area (TPSA) is 63.4 Å².